The molecule has 0 fully saturated rings. The van der Waals surface area contributed by atoms with Gasteiger partial charge in [0.2, 0.25) is 35.4 Å². The van der Waals surface area contributed by atoms with Crippen LogP contribution in [0.25, 0.3) is 22.3 Å². The molecule has 5 atom stereocenters. The fourth-order valence-corrected chi connectivity index (χ4v) is 13.9. The number of primary amides is 1. The second kappa shape index (κ2) is 46.4. The second-order valence-electron chi connectivity index (χ2n) is 29.6. The minimum absolute atomic E-state index is 0.0371. The normalized spacial score (nSPS) is 16.5. The molecule has 2 unspecified atom stereocenters. The van der Waals surface area contributed by atoms with Crippen molar-refractivity contribution in [3.8, 4) is 11.4 Å². The molecule has 5 heterocycles. The minimum Gasteiger partial charge on any atom is -0.458 e. The number of rotatable bonds is 50. The number of aryl methyl sites for hydroxylation is 1. The van der Waals surface area contributed by atoms with Gasteiger partial charge in [-0.3, -0.25) is 33.6 Å². The lowest BCUT2D eigenvalue weighted by Crippen LogP contribution is -2.54. The van der Waals surface area contributed by atoms with E-state index in [1.807, 2.05) is 4.68 Å². The molecule has 11 N–H and O–H groups in total. The van der Waals surface area contributed by atoms with Crippen molar-refractivity contribution in [2.45, 2.75) is 175 Å². The first-order valence-electron chi connectivity index (χ1n) is 40.2. The standard InChI is InChI=1S/C80H113FN14O22/c1-7-80(106)57-40-63-72-55(43-94(63)76(102)56(57)45-116-77(80)103)70-59(20-19-54-51(6)58(81)41-61(89-72)69(54)70)88-68(99)46-114-48-86-66(97)42-85-79(105)117-44-52-15-17-53(18-16-52)87-74(100)60(12-11-23-84-78(82)104)90-75(101)71(50(4)5)91-65(96)22-27-108-31-35-112-38-39-113-36-32-109-28-24-83-67(98)47-115-64-14-10-8-9-13-62-73(64)92-93-95(62)25-29-110-33-37-111-34-30-107-26-21-49(2)3/h15-18,40-41,49-50,59-60,64,71,106H,7-14,19-39,42-48H2,1-6H3,(H,83,98)(H,85,105)(H,86,97)(H,87,100)(H,88,99)(H,90,101)(H,91,96)(H3,82,84,104)/t59?,60-,64?,71-,80-/m0/s1. The number of urea groups is 1. The van der Waals surface area contributed by atoms with Gasteiger partial charge in [0, 0.05) is 54.4 Å². The number of amides is 9. The molecule has 0 bridgehead atoms. The molecule has 0 spiro atoms. The van der Waals surface area contributed by atoms with E-state index in [2.05, 4.69) is 66.7 Å². The van der Waals surface area contributed by atoms with Crippen LogP contribution in [-0.4, -0.2) is 227 Å². The van der Waals surface area contributed by atoms with Crippen LogP contribution in [0.3, 0.4) is 0 Å². The predicted molar refractivity (Wildman–Crippen MR) is 420 cm³/mol. The van der Waals surface area contributed by atoms with Gasteiger partial charge in [-0.2, -0.15) is 0 Å². The zero-order valence-electron chi connectivity index (χ0n) is 67.6. The van der Waals surface area contributed by atoms with Crippen molar-refractivity contribution in [3.05, 3.63) is 103 Å². The lowest BCUT2D eigenvalue weighted by atomic mass is 9.81. The number of cyclic esters (lactones) is 1. The number of aromatic nitrogens is 5. The maximum absolute atomic E-state index is 15.4. The Morgan fingerprint density at radius 1 is 0.709 bits per heavy atom. The molecular formula is C80H113FN14O22. The van der Waals surface area contributed by atoms with E-state index >= 15 is 4.39 Å². The Labute approximate surface area is 677 Å². The van der Waals surface area contributed by atoms with Crippen LogP contribution in [0.15, 0.2) is 41.2 Å². The number of carbonyl (C=O) groups is 9. The Kier molecular flexibility index (Phi) is 36.2. The van der Waals surface area contributed by atoms with Crippen LogP contribution in [0.1, 0.15) is 161 Å². The van der Waals surface area contributed by atoms with Crippen molar-refractivity contribution in [2.75, 3.05) is 137 Å². The number of hydrogen-bond acceptors (Lipinski definition) is 25. The molecule has 642 valence electrons. The third kappa shape index (κ3) is 26.9. The zero-order chi connectivity index (χ0) is 83.8. The van der Waals surface area contributed by atoms with Crippen molar-refractivity contribution in [2.24, 2.45) is 17.6 Å². The topological polar surface area (TPSA) is 463 Å². The van der Waals surface area contributed by atoms with Crippen molar-refractivity contribution in [3.63, 3.8) is 0 Å². The average molecular weight is 1640 g/mol. The number of pyridine rings is 2. The van der Waals surface area contributed by atoms with Gasteiger partial charge in [-0.25, -0.2) is 28.4 Å². The highest BCUT2D eigenvalue weighted by molar-refractivity contribution is 5.99. The van der Waals surface area contributed by atoms with Crippen molar-refractivity contribution >= 4 is 70.1 Å². The molecule has 36 nitrogen and oxygen atoms in total. The first-order valence-corrected chi connectivity index (χ1v) is 40.2. The SMILES string of the molecule is CC[C@@]1(O)C(=O)OCc2c1cc1n(c2=O)Cc2c-1nc1cc(F)c(C)c3c1c2C(NC(=O)COCNC(=O)CNC(=O)OCc1ccc(NC(=O)[C@H](CCCNC(N)=O)NC(=O)[C@@H](NC(=O)CCOCCOCCOCCOCCNC(=O)COC2CCCCCc4c2nnn4CCOCCOCCOCCC(C)C)C(C)C)cc1)CC3. The number of benzene rings is 2. The summed E-state index contributed by atoms with van der Waals surface area (Å²) >= 11 is 0. The van der Waals surface area contributed by atoms with Crippen molar-refractivity contribution < 1.29 is 105 Å². The maximum Gasteiger partial charge on any atom is 0.407 e. The number of alkyl carbamates (subject to hydrolysis) is 1. The molecule has 2 aliphatic heterocycles. The number of nitrogens with two attached hydrogens (primary N) is 1. The Hall–Kier alpha value is -9.70. The first-order chi connectivity index (χ1) is 56.4. The van der Waals surface area contributed by atoms with Gasteiger partial charge < -0.3 is 110 Å². The van der Waals surface area contributed by atoms with E-state index in [0.717, 1.165) is 62.1 Å². The Morgan fingerprint density at radius 2 is 1.40 bits per heavy atom. The molecule has 0 saturated heterocycles. The van der Waals surface area contributed by atoms with E-state index in [9.17, 15) is 53.1 Å². The van der Waals surface area contributed by atoms with E-state index in [4.69, 9.17) is 62.8 Å². The summed E-state index contributed by atoms with van der Waals surface area (Å²) in [6.45, 7) is 15.2. The number of halogens is 1. The van der Waals surface area contributed by atoms with Gasteiger partial charge in [-0.1, -0.05) is 64.8 Å². The van der Waals surface area contributed by atoms with E-state index in [1.165, 1.54) is 10.6 Å². The monoisotopic (exact) mass is 1640 g/mol. The predicted octanol–water partition coefficient (Wildman–Crippen LogP) is 3.79. The smallest absolute Gasteiger partial charge is 0.407 e. The van der Waals surface area contributed by atoms with Gasteiger partial charge in [-0.05, 0) is 117 Å². The number of esters is 1. The molecule has 2 aliphatic carbocycles. The number of ether oxygens (including phenoxy) is 11. The van der Waals surface area contributed by atoms with Gasteiger partial charge in [0.15, 0.2) is 5.60 Å². The Bertz CT molecular complexity index is 4260. The van der Waals surface area contributed by atoms with Gasteiger partial charge in [0.05, 0.1) is 133 Å². The number of nitrogens with zero attached hydrogens (tertiary/aromatic N) is 5. The quantitative estimate of drug-likeness (QED) is 0.0147. The Balaban J connectivity index is 0.601. The zero-order valence-corrected chi connectivity index (χ0v) is 67.6. The number of hydrogen-bond donors (Lipinski definition) is 10. The number of carbonyl (C=O) groups excluding carboxylic acids is 9. The molecule has 0 radical (unpaired) electrons. The number of nitrogens with one attached hydrogen (secondary N) is 8. The molecule has 9 rings (SSSR count). The third-order valence-corrected chi connectivity index (χ3v) is 20.3. The van der Waals surface area contributed by atoms with Crippen LogP contribution in [0.4, 0.5) is 19.7 Å². The molecule has 0 saturated carbocycles. The van der Waals surface area contributed by atoms with Crippen LogP contribution < -0.4 is 53.8 Å². The van der Waals surface area contributed by atoms with Gasteiger partial charge in [0.1, 0.15) is 69.4 Å². The molecule has 2 aromatic carbocycles. The van der Waals surface area contributed by atoms with E-state index < -0.39 is 109 Å². The molecule has 37 heteroatoms. The van der Waals surface area contributed by atoms with E-state index in [1.54, 1.807) is 58.0 Å². The first kappa shape index (κ1) is 91.2. The van der Waals surface area contributed by atoms with Crippen molar-refractivity contribution in [1.29, 1.82) is 0 Å². The van der Waals surface area contributed by atoms with Crippen molar-refractivity contribution in [1.82, 2.24) is 61.8 Å². The van der Waals surface area contributed by atoms with E-state index in [-0.39, 0.29) is 115 Å². The van der Waals surface area contributed by atoms with Gasteiger partial charge in [0.25, 0.3) is 5.56 Å². The second-order valence-corrected chi connectivity index (χ2v) is 29.6. The largest absolute Gasteiger partial charge is 0.458 e. The maximum atomic E-state index is 15.4. The summed E-state index contributed by atoms with van der Waals surface area (Å²) in [4.78, 5) is 135. The highest BCUT2D eigenvalue weighted by atomic mass is 19.1. The molecule has 9 amide bonds. The number of fused-ring (bicyclic) bond motifs is 6. The summed E-state index contributed by atoms with van der Waals surface area (Å²) in [6.07, 6.45) is 5.29. The van der Waals surface area contributed by atoms with Crippen LogP contribution in [0.2, 0.25) is 0 Å². The van der Waals surface area contributed by atoms with Crippen LogP contribution >= 0.6 is 0 Å². The highest BCUT2D eigenvalue weighted by Gasteiger charge is 2.46. The van der Waals surface area contributed by atoms with Gasteiger partial charge >= 0.3 is 18.1 Å². The number of anilines is 1. The minimum atomic E-state index is -2.06. The molecule has 4 aliphatic rings. The molecular weight excluding hydrogens is 1530 g/mol. The molecule has 3 aromatic heterocycles. The fraction of sp³-hybridized carbons (Fsp3) is 0.613. The Morgan fingerprint density at radius 3 is 2.09 bits per heavy atom. The summed E-state index contributed by atoms with van der Waals surface area (Å²) in [7, 11) is 0. The molecule has 5 aromatic rings. The fourth-order valence-electron chi connectivity index (χ4n) is 13.9. The summed E-state index contributed by atoms with van der Waals surface area (Å²) in [5.41, 5.74) is 8.98. The lowest BCUT2D eigenvalue weighted by Gasteiger charge is -2.31. The average Bonchev–Trinajstić information content (AvgIpc) is 1.58. The van der Waals surface area contributed by atoms with Crippen LogP contribution in [-0.2, 0) is 130 Å². The summed E-state index contributed by atoms with van der Waals surface area (Å²) < 4.78 is 80.2. The molecule has 117 heavy (non-hydrogen) atoms. The summed E-state index contributed by atoms with van der Waals surface area (Å²) in [6, 6.07) is 5.55. The van der Waals surface area contributed by atoms with Crippen LogP contribution in [0.5, 0.6) is 0 Å². The third-order valence-electron chi connectivity index (χ3n) is 20.3. The van der Waals surface area contributed by atoms with Gasteiger partial charge in [-0.15, -0.1) is 5.10 Å². The lowest BCUT2D eigenvalue weighted by molar-refractivity contribution is -0.172. The summed E-state index contributed by atoms with van der Waals surface area (Å²) in [5.74, 6) is -4.30. The highest BCUT2D eigenvalue weighted by Crippen LogP contribution is 2.46. The summed E-state index contributed by atoms with van der Waals surface area (Å²) in [5, 5.41) is 42.2. The van der Waals surface area contributed by atoms with Crippen LogP contribution in [0, 0.1) is 24.6 Å². The number of aliphatic hydroxyl groups is 1. The van der Waals surface area contributed by atoms with E-state index in [0.29, 0.717) is 135 Å².